The lowest BCUT2D eigenvalue weighted by Gasteiger charge is -2.08. The minimum absolute atomic E-state index is 0.0248. The molecule has 0 radical (unpaired) electrons. The molecule has 0 unspecified atom stereocenters. The molecule has 6 nitrogen and oxygen atoms in total. The minimum Gasteiger partial charge on any atom is -0.307 e. The third-order valence-corrected chi connectivity index (χ3v) is 3.04. The van der Waals surface area contributed by atoms with E-state index in [9.17, 15) is 14.9 Å². The highest BCUT2D eigenvalue weighted by Gasteiger charge is 2.13. The van der Waals surface area contributed by atoms with Gasteiger partial charge in [0.15, 0.2) is 0 Å². The Labute approximate surface area is 115 Å². The van der Waals surface area contributed by atoms with Gasteiger partial charge >= 0.3 is 0 Å². The number of hydrogen-bond acceptors (Lipinski definition) is 4. The number of aromatic nitrogens is 2. The summed E-state index contributed by atoms with van der Waals surface area (Å²) in [6.07, 6.45) is 0. The molecule has 0 atom stereocenters. The number of benzene rings is 1. The fourth-order valence-electron chi connectivity index (χ4n) is 1.88. The predicted molar refractivity (Wildman–Crippen MR) is 75.8 cm³/mol. The highest BCUT2D eigenvalue weighted by Crippen LogP contribution is 2.25. The fourth-order valence-corrected chi connectivity index (χ4v) is 1.88. The Hall–Kier alpha value is -2.50. The van der Waals surface area contributed by atoms with Gasteiger partial charge in [-0.3, -0.25) is 14.9 Å². The van der Waals surface area contributed by atoms with Crippen LogP contribution in [0.2, 0.25) is 0 Å². The van der Waals surface area contributed by atoms with E-state index in [4.69, 9.17) is 0 Å². The molecule has 104 valence electrons. The molecule has 1 heterocycles. The zero-order valence-corrected chi connectivity index (χ0v) is 11.5. The van der Waals surface area contributed by atoms with Crippen LogP contribution in [0.15, 0.2) is 29.1 Å². The molecule has 0 bridgehead atoms. The molecule has 0 aliphatic rings. The second-order valence-electron chi connectivity index (χ2n) is 4.93. The molecule has 2 aromatic rings. The number of rotatable bonds is 3. The number of nitro groups is 1. The number of non-ortho nitro benzene ring substituents is 1. The first-order valence-electron chi connectivity index (χ1n) is 6.25. The average molecular weight is 273 g/mol. The van der Waals surface area contributed by atoms with Crippen LogP contribution in [0.1, 0.15) is 31.0 Å². The quantitative estimate of drug-likeness (QED) is 0.687. The van der Waals surface area contributed by atoms with Gasteiger partial charge in [-0.2, -0.15) is 0 Å². The van der Waals surface area contributed by atoms with Crippen molar-refractivity contribution >= 4 is 5.69 Å². The fraction of sp³-hybridized carbons (Fsp3) is 0.286. The van der Waals surface area contributed by atoms with Crippen LogP contribution < -0.4 is 5.56 Å². The second-order valence-corrected chi connectivity index (χ2v) is 4.93. The molecule has 0 amide bonds. The van der Waals surface area contributed by atoms with Gasteiger partial charge in [0.1, 0.15) is 5.82 Å². The van der Waals surface area contributed by atoms with Crippen molar-refractivity contribution in [2.75, 3.05) is 0 Å². The summed E-state index contributed by atoms with van der Waals surface area (Å²) in [6, 6.07) is 5.96. The van der Waals surface area contributed by atoms with Crippen molar-refractivity contribution < 1.29 is 4.92 Å². The largest absolute Gasteiger partial charge is 0.307 e. The van der Waals surface area contributed by atoms with E-state index in [1.54, 1.807) is 6.07 Å². The maximum atomic E-state index is 11.7. The van der Waals surface area contributed by atoms with E-state index in [1.807, 2.05) is 20.8 Å². The highest BCUT2D eigenvalue weighted by atomic mass is 16.6. The summed E-state index contributed by atoms with van der Waals surface area (Å²) < 4.78 is 0. The first kappa shape index (κ1) is 13.9. The van der Waals surface area contributed by atoms with Crippen molar-refractivity contribution in [1.29, 1.82) is 0 Å². The number of nitrogens with zero attached hydrogens (tertiary/aromatic N) is 2. The van der Waals surface area contributed by atoms with Gasteiger partial charge in [0, 0.05) is 23.8 Å². The van der Waals surface area contributed by atoms with Crippen LogP contribution in [0.5, 0.6) is 0 Å². The maximum Gasteiger partial charge on any atom is 0.270 e. The number of nitro benzene ring substituents is 1. The lowest BCUT2D eigenvalue weighted by atomic mass is 10.1. The average Bonchev–Trinajstić information content (AvgIpc) is 2.38. The Morgan fingerprint density at radius 3 is 2.60 bits per heavy atom. The molecule has 0 fully saturated rings. The SMILES string of the molecule is Cc1ccc([N+](=O)[O-])cc1-c1nc(C(C)C)cc(=O)[nH]1. The van der Waals surface area contributed by atoms with E-state index < -0.39 is 4.92 Å². The zero-order chi connectivity index (χ0) is 14.9. The van der Waals surface area contributed by atoms with Gasteiger partial charge in [0.25, 0.3) is 11.2 Å². The number of aromatic amines is 1. The maximum absolute atomic E-state index is 11.7. The van der Waals surface area contributed by atoms with E-state index in [0.29, 0.717) is 17.1 Å². The van der Waals surface area contributed by atoms with Crippen molar-refractivity contribution in [2.45, 2.75) is 26.7 Å². The van der Waals surface area contributed by atoms with E-state index >= 15 is 0 Å². The van der Waals surface area contributed by atoms with Crippen LogP contribution in [-0.2, 0) is 0 Å². The van der Waals surface area contributed by atoms with Gasteiger partial charge in [0.2, 0.25) is 0 Å². The number of aryl methyl sites for hydroxylation is 1. The molecule has 6 heteroatoms. The molecule has 0 saturated carbocycles. The van der Waals surface area contributed by atoms with E-state index in [0.717, 1.165) is 5.56 Å². The molecule has 0 saturated heterocycles. The monoisotopic (exact) mass is 273 g/mol. The normalized spacial score (nSPS) is 10.8. The van der Waals surface area contributed by atoms with E-state index in [2.05, 4.69) is 9.97 Å². The van der Waals surface area contributed by atoms with Gasteiger partial charge in [-0.05, 0) is 18.4 Å². The standard InChI is InChI=1S/C14H15N3O3/c1-8(2)12-7-13(18)16-14(15-12)11-6-10(17(19)20)5-4-9(11)3/h4-8H,1-3H3,(H,15,16,18). The molecular weight excluding hydrogens is 258 g/mol. The number of H-pyrrole nitrogens is 1. The summed E-state index contributed by atoms with van der Waals surface area (Å²) >= 11 is 0. The third kappa shape index (κ3) is 2.74. The van der Waals surface area contributed by atoms with E-state index in [1.165, 1.54) is 18.2 Å². The van der Waals surface area contributed by atoms with Crippen LogP contribution in [0.4, 0.5) is 5.69 Å². The molecule has 1 aromatic carbocycles. The number of hydrogen-bond donors (Lipinski definition) is 1. The van der Waals surface area contributed by atoms with Gasteiger partial charge in [-0.1, -0.05) is 19.9 Å². The van der Waals surface area contributed by atoms with Crippen molar-refractivity contribution in [3.05, 3.63) is 56.0 Å². The Kier molecular flexibility index (Phi) is 3.65. The second kappa shape index (κ2) is 5.24. The Morgan fingerprint density at radius 2 is 2.00 bits per heavy atom. The van der Waals surface area contributed by atoms with Crippen LogP contribution >= 0.6 is 0 Å². The predicted octanol–water partition coefficient (Wildman–Crippen LogP) is 2.78. The first-order valence-corrected chi connectivity index (χ1v) is 6.25. The van der Waals surface area contributed by atoms with Crippen LogP contribution in [0, 0.1) is 17.0 Å². The first-order chi connectivity index (χ1) is 9.38. The van der Waals surface area contributed by atoms with Crippen molar-refractivity contribution in [3.8, 4) is 11.4 Å². The minimum atomic E-state index is -0.465. The van der Waals surface area contributed by atoms with Crippen molar-refractivity contribution in [3.63, 3.8) is 0 Å². The smallest absolute Gasteiger partial charge is 0.270 e. The summed E-state index contributed by atoms with van der Waals surface area (Å²) in [5.74, 6) is 0.470. The Bertz CT molecular complexity index is 720. The van der Waals surface area contributed by atoms with Crippen LogP contribution in [0.25, 0.3) is 11.4 Å². The molecule has 0 spiro atoms. The van der Waals surface area contributed by atoms with Gasteiger partial charge in [-0.25, -0.2) is 4.98 Å². The molecule has 2 rings (SSSR count). The summed E-state index contributed by atoms with van der Waals surface area (Å²) in [5.41, 5.74) is 1.76. The van der Waals surface area contributed by atoms with Crippen molar-refractivity contribution in [2.24, 2.45) is 0 Å². The molecule has 1 N–H and O–H groups in total. The number of nitrogens with one attached hydrogen (secondary N) is 1. The molecular formula is C14H15N3O3. The van der Waals surface area contributed by atoms with Gasteiger partial charge < -0.3 is 4.98 Å². The van der Waals surface area contributed by atoms with Crippen LogP contribution in [0.3, 0.4) is 0 Å². The summed E-state index contributed by atoms with van der Waals surface area (Å²) in [5, 5.41) is 10.9. The topological polar surface area (TPSA) is 88.9 Å². The lowest BCUT2D eigenvalue weighted by molar-refractivity contribution is -0.384. The zero-order valence-electron chi connectivity index (χ0n) is 11.5. The summed E-state index contributed by atoms with van der Waals surface area (Å²) in [4.78, 5) is 29.1. The molecule has 20 heavy (non-hydrogen) atoms. The van der Waals surface area contributed by atoms with Crippen molar-refractivity contribution in [1.82, 2.24) is 9.97 Å². The summed E-state index contributed by atoms with van der Waals surface area (Å²) in [6.45, 7) is 5.69. The van der Waals surface area contributed by atoms with Crippen LogP contribution in [-0.4, -0.2) is 14.9 Å². The molecule has 1 aromatic heterocycles. The third-order valence-electron chi connectivity index (χ3n) is 3.04. The van der Waals surface area contributed by atoms with Gasteiger partial charge in [-0.15, -0.1) is 0 Å². The van der Waals surface area contributed by atoms with E-state index in [-0.39, 0.29) is 17.2 Å². The van der Waals surface area contributed by atoms with Gasteiger partial charge in [0.05, 0.1) is 10.6 Å². The molecule has 0 aliphatic heterocycles. The highest BCUT2D eigenvalue weighted by molar-refractivity contribution is 5.63. The molecule has 0 aliphatic carbocycles. The summed E-state index contributed by atoms with van der Waals surface area (Å²) in [7, 11) is 0. The Morgan fingerprint density at radius 1 is 1.30 bits per heavy atom. The Balaban J connectivity index is 2.64. The lowest BCUT2D eigenvalue weighted by Crippen LogP contribution is -2.11.